The molecule has 0 aliphatic heterocycles. The molecule has 2 aromatic rings. The maximum absolute atomic E-state index is 11.9. The highest BCUT2D eigenvalue weighted by atomic mass is 32.1. The van der Waals surface area contributed by atoms with E-state index < -0.39 is 11.9 Å². The SMILES string of the molecule is CCOC(=O)c1sc(N)c(C#N)c1COC(=O)c1cccnc1. The lowest BCUT2D eigenvalue weighted by atomic mass is 10.1. The van der Waals surface area contributed by atoms with Crippen LogP contribution in [-0.2, 0) is 16.1 Å². The molecule has 0 bridgehead atoms. The Hall–Kier alpha value is -2.92. The van der Waals surface area contributed by atoms with Crippen molar-refractivity contribution >= 4 is 28.3 Å². The van der Waals surface area contributed by atoms with Crippen LogP contribution in [0.3, 0.4) is 0 Å². The van der Waals surface area contributed by atoms with Gasteiger partial charge in [-0.2, -0.15) is 5.26 Å². The minimum Gasteiger partial charge on any atom is -0.462 e. The van der Waals surface area contributed by atoms with Crippen LogP contribution < -0.4 is 5.73 Å². The zero-order valence-corrected chi connectivity index (χ0v) is 13.1. The summed E-state index contributed by atoms with van der Waals surface area (Å²) in [5, 5.41) is 9.36. The van der Waals surface area contributed by atoms with Crippen molar-refractivity contribution in [1.82, 2.24) is 4.98 Å². The summed E-state index contributed by atoms with van der Waals surface area (Å²) in [6.45, 7) is 1.61. The molecule has 0 atom stereocenters. The molecule has 0 spiro atoms. The van der Waals surface area contributed by atoms with Crippen LogP contribution in [0.2, 0.25) is 0 Å². The number of hydrogen-bond donors (Lipinski definition) is 1. The third kappa shape index (κ3) is 3.64. The Bertz CT molecular complexity index is 765. The Morgan fingerprint density at radius 2 is 2.17 bits per heavy atom. The first-order valence-corrected chi connectivity index (χ1v) is 7.45. The number of nitriles is 1. The van der Waals surface area contributed by atoms with Gasteiger partial charge in [0.2, 0.25) is 0 Å². The van der Waals surface area contributed by atoms with Crippen molar-refractivity contribution in [2.24, 2.45) is 0 Å². The van der Waals surface area contributed by atoms with E-state index in [9.17, 15) is 14.9 Å². The van der Waals surface area contributed by atoms with Crippen LogP contribution in [0.4, 0.5) is 5.00 Å². The fourth-order valence-corrected chi connectivity index (χ4v) is 2.73. The summed E-state index contributed by atoms with van der Waals surface area (Å²) in [5.74, 6) is -1.21. The maximum atomic E-state index is 11.9. The van der Waals surface area contributed by atoms with Gasteiger partial charge in [0.25, 0.3) is 0 Å². The van der Waals surface area contributed by atoms with Gasteiger partial charge in [0.1, 0.15) is 22.6 Å². The van der Waals surface area contributed by atoms with E-state index in [2.05, 4.69) is 4.98 Å². The van der Waals surface area contributed by atoms with E-state index >= 15 is 0 Å². The monoisotopic (exact) mass is 331 g/mol. The van der Waals surface area contributed by atoms with Gasteiger partial charge in [-0.1, -0.05) is 0 Å². The zero-order valence-electron chi connectivity index (χ0n) is 12.2. The fourth-order valence-electron chi connectivity index (χ4n) is 1.81. The normalized spacial score (nSPS) is 9.91. The highest BCUT2D eigenvalue weighted by molar-refractivity contribution is 7.18. The molecule has 0 unspecified atom stereocenters. The van der Waals surface area contributed by atoms with Crippen molar-refractivity contribution in [2.45, 2.75) is 13.5 Å². The largest absolute Gasteiger partial charge is 0.462 e. The topological polar surface area (TPSA) is 115 Å². The molecule has 0 aromatic carbocycles. The van der Waals surface area contributed by atoms with E-state index in [4.69, 9.17) is 15.2 Å². The highest BCUT2D eigenvalue weighted by Crippen LogP contribution is 2.32. The predicted molar refractivity (Wildman–Crippen MR) is 82.8 cm³/mol. The van der Waals surface area contributed by atoms with Crippen molar-refractivity contribution in [3.63, 3.8) is 0 Å². The van der Waals surface area contributed by atoms with Crippen molar-refractivity contribution in [3.05, 3.63) is 46.1 Å². The Morgan fingerprint density at radius 1 is 1.39 bits per heavy atom. The van der Waals surface area contributed by atoms with Crippen molar-refractivity contribution in [1.29, 1.82) is 5.26 Å². The first kappa shape index (κ1) is 16.5. The lowest BCUT2D eigenvalue weighted by Gasteiger charge is -2.06. The van der Waals surface area contributed by atoms with Gasteiger partial charge >= 0.3 is 11.9 Å². The van der Waals surface area contributed by atoms with E-state index in [1.54, 1.807) is 19.1 Å². The summed E-state index contributed by atoms with van der Waals surface area (Å²) in [7, 11) is 0. The number of carbonyl (C=O) groups is 2. The number of thiophene rings is 1. The molecule has 7 nitrogen and oxygen atoms in total. The van der Waals surface area contributed by atoms with E-state index in [-0.39, 0.29) is 39.8 Å². The molecular formula is C15H13N3O4S. The molecule has 2 heterocycles. The van der Waals surface area contributed by atoms with Crippen LogP contribution in [0.1, 0.15) is 38.1 Å². The van der Waals surface area contributed by atoms with Crippen molar-refractivity contribution < 1.29 is 19.1 Å². The van der Waals surface area contributed by atoms with Gasteiger partial charge in [0.05, 0.1) is 17.7 Å². The van der Waals surface area contributed by atoms with Crippen LogP contribution in [0.25, 0.3) is 0 Å². The van der Waals surface area contributed by atoms with Crippen LogP contribution >= 0.6 is 11.3 Å². The van der Waals surface area contributed by atoms with Crippen LogP contribution in [0.5, 0.6) is 0 Å². The summed E-state index contributed by atoms with van der Waals surface area (Å²) in [5.41, 5.74) is 6.39. The molecule has 2 aromatic heterocycles. The first-order chi connectivity index (χ1) is 11.1. The van der Waals surface area contributed by atoms with Gasteiger partial charge in [0, 0.05) is 18.0 Å². The summed E-state index contributed by atoms with van der Waals surface area (Å²) >= 11 is 0.938. The van der Waals surface area contributed by atoms with E-state index in [0.717, 1.165) is 11.3 Å². The average molecular weight is 331 g/mol. The van der Waals surface area contributed by atoms with E-state index in [1.807, 2.05) is 6.07 Å². The number of esters is 2. The molecule has 0 aliphatic rings. The third-order valence-electron chi connectivity index (χ3n) is 2.85. The minimum atomic E-state index is -0.610. The quantitative estimate of drug-likeness (QED) is 0.834. The number of rotatable bonds is 5. The Balaban J connectivity index is 2.23. The molecular weight excluding hydrogens is 318 g/mol. The minimum absolute atomic E-state index is 0.122. The molecule has 118 valence electrons. The van der Waals surface area contributed by atoms with E-state index in [1.165, 1.54) is 12.4 Å². The molecule has 0 saturated heterocycles. The number of pyridine rings is 1. The zero-order chi connectivity index (χ0) is 16.8. The molecule has 0 aliphatic carbocycles. The molecule has 8 heteroatoms. The van der Waals surface area contributed by atoms with Crippen LogP contribution in [0.15, 0.2) is 24.5 Å². The second-order valence-corrected chi connectivity index (χ2v) is 5.35. The van der Waals surface area contributed by atoms with Gasteiger partial charge in [-0.05, 0) is 19.1 Å². The fraction of sp³-hybridized carbons (Fsp3) is 0.200. The lowest BCUT2D eigenvalue weighted by Crippen LogP contribution is -2.10. The standard InChI is InChI=1S/C15H13N3O4S/c1-2-21-15(20)12-11(10(6-16)13(17)23-12)8-22-14(19)9-4-3-5-18-7-9/h3-5,7H,2,8,17H2,1H3. The van der Waals surface area contributed by atoms with Crippen molar-refractivity contribution in [3.8, 4) is 6.07 Å². The summed E-state index contributed by atoms with van der Waals surface area (Å²) in [4.78, 5) is 27.9. The van der Waals surface area contributed by atoms with Gasteiger partial charge in [-0.15, -0.1) is 11.3 Å². The molecule has 0 saturated carbocycles. The number of carbonyl (C=O) groups excluding carboxylic acids is 2. The third-order valence-corrected chi connectivity index (χ3v) is 3.89. The second kappa shape index (κ2) is 7.38. The first-order valence-electron chi connectivity index (χ1n) is 6.64. The van der Waals surface area contributed by atoms with Crippen molar-refractivity contribution in [2.75, 3.05) is 12.3 Å². The Morgan fingerprint density at radius 3 is 2.78 bits per heavy atom. The Labute approximate surface area is 136 Å². The lowest BCUT2D eigenvalue weighted by molar-refractivity contribution is 0.0452. The molecule has 0 fully saturated rings. The number of hydrogen-bond acceptors (Lipinski definition) is 8. The summed E-state index contributed by atoms with van der Waals surface area (Å²) in [6, 6.07) is 5.07. The molecule has 0 amide bonds. The average Bonchev–Trinajstić information content (AvgIpc) is 2.89. The number of nitrogens with two attached hydrogens (primary N) is 1. The number of anilines is 1. The van der Waals surface area contributed by atoms with E-state index in [0.29, 0.717) is 0 Å². The van der Waals surface area contributed by atoms with Crippen LogP contribution in [0, 0.1) is 11.3 Å². The summed E-state index contributed by atoms with van der Waals surface area (Å²) in [6.07, 6.45) is 2.89. The van der Waals surface area contributed by atoms with Gasteiger partial charge in [0.15, 0.2) is 0 Å². The number of aromatic nitrogens is 1. The highest BCUT2D eigenvalue weighted by Gasteiger charge is 2.24. The molecule has 23 heavy (non-hydrogen) atoms. The Kier molecular flexibility index (Phi) is 5.28. The number of nitrogens with zero attached hydrogens (tertiary/aromatic N) is 2. The second-order valence-electron chi connectivity index (χ2n) is 4.30. The number of ether oxygens (including phenoxy) is 2. The molecule has 2 rings (SSSR count). The predicted octanol–water partition coefficient (Wildman–Crippen LogP) is 2.13. The summed E-state index contributed by atoms with van der Waals surface area (Å²) < 4.78 is 10.1. The van der Waals surface area contributed by atoms with Gasteiger partial charge < -0.3 is 15.2 Å². The number of nitrogen functional groups attached to an aromatic ring is 1. The van der Waals surface area contributed by atoms with Gasteiger partial charge in [-0.25, -0.2) is 9.59 Å². The molecule has 0 radical (unpaired) electrons. The smallest absolute Gasteiger partial charge is 0.348 e. The maximum Gasteiger partial charge on any atom is 0.348 e. The molecule has 2 N–H and O–H groups in total. The van der Waals surface area contributed by atoms with Gasteiger partial charge in [-0.3, -0.25) is 4.98 Å². The van der Waals surface area contributed by atoms with Crippen LogP contribution in [-0.4, -0.2) is 23.5 Å².